The van der Waals surface area contributed by atoms with Crippen molar-refractivity contribution in [2.45, 2.75) is 25.7 Å². The number of aromatic nitrogens is 2. The Morgan fingerprint density at radius 1 is 1.25 bits per heavy atom. The molecule has 0 spiro atoms. The molecule has 2 aromatic rings. The predicted octanol–water partition coefficient (Wildman–Crippen LogP) is 5.63. The Kier molecular flexibility index (Phi) is 4.02. The minimum atomic E-state index is 0.434. The average Bonchev–Trinajstić information content (AvgIpc) is 3.22. The normalized spacial score (nSPS) is 14.4. The molecule has 1 aromatic heterocycles. The fraction of sp³-hybridized carbons (Fsp3) is 0.286. The largest absolute Gasteiger partial charge is 0.437 e. The van der Waals surface area contributed by atoms with E-state index in [0.29, 0.717) is 22.7 Å². The summed E-state index contributed by atoms with van der Waals surface area (Å²) in [4.78, 5) is 8.83. The lowest BCUT2D eigenvalue weighted by Gasteiger charge is -2.11. The minimum absolute atomic E-state index is 0.434. The van der Waals surface area contributed by atoms with Gasteiger partial charge < -0.3 is 4.74 Å². The maximum absolute atomic E-state index is 6.17. The zero-order valence-corrected chi connectivity index (χ0v) is 14.6. The van der Waals surface area contributed by atoms with Gasteiger partial charge in [0, 0.05) is 16.0 Å². The van der Waals surface area contributed by atoms with Crippen molar-refractivity contribution >= 4 is 43.5 Å². The van der Waals surface area contributed by atoms with Crippen LogP contribution in [0.5, 0.6) is 11.6 Å². The van der Waals surface area contributed by atoms with Gasteiger partial charge in [0.1, 0.15) is 16.7 Å². The Labute approximate surface area is 139 Å². The molecule has 0 unspecified atom stereocenters. The van der Waals surface area contributed by atoms with Crippen LogP contribution in [-0.2, 0) is 0 Å². The van der Waals surface area contributed by atoms with E-state index in [4.69, 9.17) is 16.3 Å². The zero-order chi connectivity index (χ0) is 14.3. The van der Waals surface area contributed by atoms with Crippen LogP contribution in [-0.4, -0.2) is 9.97 Å². The quantitative estimate of drug-likeness (QED) is 0.606. The summed E-state index contributed by atoms with van der Waals surface area (Å²) in [6.07, 6.45) is 2.25. The van der Waals surface area contributed by atoms with Gasteiger partial charge in [0.05, 0.1) is 4.47 Å². The van der Waals surface area contributed by atoms with E-state index in [0.717, 1.165) is 33.2 Å². The fourth-order valence-electron chi connectivity index (χ4n) is 1.77. The predicted molar refractivity (Wildman–Crippen MR) is 85.7 cm³/mol. The van der Waals surface area contributed by atoms with Crippen LogP contribution in [0.2, 0.25) is 5.15 Å². The first-order valence-electron chi connectivity index (χ1n) is 6.21. The van der Waals surface area contributed by atoms with E-state index >= 15 is 0 Å². The van der Waals surface area contributed by atoms with Crippen molar-refractivity contribution in [2.75, 3.05) is 0 Å². The molecule has 0 amide bonds. The molecule has 0 aliphatic heterocycles. The van der Waals surface area contributed by atoms with Gasteiger partial charge in [-0.15, -0.1) is 0 Å². The van der Waals surface area contributed by atoms with Crippen LogP contribution in [0.15, 0.2) is 27.1 Å². The highest BCUT2D eigenvalue weighted by Crippen LogP contribution is 2.41. The highest BCUT2D eigenvalue weighted by atomic mass is 79.9. The summed E-state index contributed by atoms with van der Waals surface area (Å²) in [5.41, 5.74) is 0.755. The van der Waals surface area contributed by atoms with E-state index in [1.165, 1.54) is 0 Å². The van der Waals surface area contributed by atoms with Gasteiger partial charge >= 0.3 is 0 Å². The Morgan fingerprint density at radius 3 is 2.65 bits per heavy atom. The van der Waals surface area contributed by atoms with Crippen LogP contribution in [0.3, 0.4) is 0 Å². The highest BCUT2D eigenvalue weighted by Gasteiger charge is 2.28. The van der Waals surface area contributed by atoms with Gasteiger partial charge in [-0.25, -0.2) is 4.98 Å². The van der Waals surface area contributed by atoms with Gasteiger partial charge in [0.15, 0.2) is 0 Å². The van der Waals surface area contributed by atoms with Crippen molar-refractivity contribution < 1.29 is 4.74 Å². The molecule has 0 atom stereocenters. The van der Waals surface area contributed by atoms with Crippen molar-refractivity contribution in [3.05, 3.63) is 43.7 Å². The molecule has 3 rings (SSSR count). The second-order valence-corrected chi connectivity index (χ2v) is 6.88. The van der Waals surface area contributed by atoms with E-state index in [1.807, 2.05) is 25.1 Å². The molecule has 1 aliphatic rings. The number of hydrogen-bond acceptors (Lipinski definition) is 3. The molecule has 1 saturated carbocycles. The molecule has 1 aliphatic carbocycles. The summed E-state index contributed by atoms with van der Waals surface area (Å²) in [5, 5.41) is 0.463. The maximum atomic E-state index is 6.17. The van der Waals surface area contributed by atoms with Crippen LogP contribution in [0.1, 0.15) is 30.1 Å². The number of halogens is 3. The minimum Gasteiger partial charge on any atom is -0.437 e. The van der Waals surface area contributed by atoms with Gasteiger partial charge in [0.2, 0.25) is 5.88 Å². The summed E-state index contributed by atoms with van der Waals surface area (Å²) < 4.78 is 7.73. The number of hydrogen-bond donors (Lipinski definition) is 0. The van der Waals surface area contributed by atoms with Gasteiger partial charge in [-0.05, 0) is 53.9 Å². The third kappa shape index (κ3) is 3.00. The third-order valence-electron chi connectivity index (χ3n) is 3.10. The molecule has 0 bridgehead atoms. The van der Waals surface area contributed by atoms with Gasteiger partial charge in [-0.1, -0.05) is 27.5 Å². The number of ether oxygens (including phenoxy) is 1. The third-order valence-corrected chi connectivity index (χ3v) is 4.58. The topological polar surface area (TPSA) is 35.0 Å². The molecule has 1 fully saturated rings. The van der Waals surface area contributed by atoms with Gasteiger partial charge in [0.25, 0.3) is 0 Å². The SMILES string of the molecule is Cc1c(Cl)nc(C2CC2)nc1Oc1ccc(Br)cc1Br. The zero-order valence-electron chi connectivity index (χ0n) is 10.7. The molecule has 0 saturated heterocycles. The summed E-state index contributed by atoms with van der Waals surface area (Å²) in [6.45, 7) is 1.86. The molecule has 0 radical (unpaired) electrons. The highest BCUT2D eigenvalue weighted by molar-refractivity contribution is 9.11. The maximum Gasteiger partial charge on any atom is 0.227 e. The Hall–Kier alpha value is -0.650. The second-order valence-electron chi connectivity index (χ2n) is 4.75. The molecule has 6 heteroatoms. The van der Waals surface area contributed by atoms with Crippen molar-refractivity contribution in [3.8, 4) is 11.6 Å². The summed E-state index contributed by atoms with van der Waals surface area (Å²) >= 11 is 13.1. The first-order valence-corrected chi connectivity index (χ1v) is 8.18. The number of benzene rings is 1. The van der Waals surface area contributed by atoms with E-state index in [-0.39, 0.29) is 0 Å². The Bertz CT molecular complexity index is 674. The lowest BCUT2D eigenvalue weighted by molar-refractivity contribution is 0.451. The summed E-state index contributed by atoms with van der Waals surface area (Å²) in [5.74, 6) is 2.44. The fourth-order valence-corrected chi connectivity index (χ4v) is 3.07. The van der Waals surface area contributed by atoms with Crippen LogP contribution in [0.25, 0.3) is 0 Å². The molecule has 1 aromatic carbocycles. The number of rotatable bonds is 3. The summed E-state index contributed by atoms with van der Waals surface area (Å²) in [6, 6.07) is 5.72. The number of nitrogens with zero attached hydrogens (tertiary/aromatic N) is 2. The van der Waals surface area contributed by atoms with Crippen molar-refractivity contribution in [1.82, 2.24) is 9.97 Å². The van der Waals surface area contributed by atoms with Crippen LogP contribution >= 0.6 is 43.5 Å². The molecule has 3 nitrogen and oxygen atoms in total. The van der Waals surface area contributed by atoms with Crippen molar-refractivity contribution in [2.24, 2.45) is 0 Å². The van der Waals surface area contributed by atoms with Gasteiger partial charge in [-0.2, -0.15) is 4.98 Å². The standard InChI is InChI=1S/C14H11Br2ClN2O/c1-7-12(17)18-13(8-2-3-8)19-14(7)20-11-5-4-9(15)6-10(11)16/h4-6,8H,2-3H2,1H3. The molecular weight excluding hydrogens is 407 g/mol. The molecule has 1 heterocycles. The molecular formula is C14H11Br2ClN2O. The van der Waals surface area contributed by atoms with E-state index in [1.54, 1.807) is 0 Å². The Balaban J connectivity index is 1.97. The van der Waals surface area contributed by atoms with Gasteiger partial charge in [-0.3, -0.25) is 0 Å². The smallest absolute Gasteiger partial charge is 0.227 e. The van der Waals surface area contributed by atoms with Crippen LogP contribution in [0, 0.1) is 6.92 Å². The van der Waals surface area contributed by atoms with E-state index in [9.17, 15) is 0 Å². The van der Waals surface area contributed by atoms with Crippen LogP contribution < -0.4 is 4.74 Å². The molecule has 0 N–H and O–H groups in total. The Morgan fingerprint density at radius 2 is 2.00 bits per heavy atom. The van der Waals surface area contributed by atoms with E-state index in [2.05, 4.69) is 41.8 Å². The molecule has 20 heavy (non-hydrogen) atoms. The second kappa shape index (κ2) is 5.62. The molecule has 104 valence electrons. The first-order chi connectivity index (χ1) is 9.54. The van der Waals surface area contributed by atoms with Crippen molar-refractivity contribution in [1.29, 1.82) is 0 Å². The van der Waals surface area contributed by atoms with E-state index < -0.39 is 0 Å². The van der Waals surface area contributed by atoms with Crippen molar-refractivity contribution in [3.63, 3.8) is 0 Å². The summed E-state index contributed by atoms with van der Waals surface area (Å²) in [7, 11) is 0. The van der Waals surface area contributed by atoms with Crippen LogP contribution in [0.4, 0.5) is 0 Å². The average molecular weight is 419 g/mol. The lowest BCUT2D eigenvalue weighted by atomic mass is 10.3. The lowest BCUT2D eigenvalue weighted by Crippen LogP contribution is -2.00. The first kappa shape index (κ1) is 14.3. The monoisotopic (exact) mass is 416 g/mol.